The first-order valence-corrected chi connectivity index (χ1v) is 10.2. The summed E-state index contributed by atoms with van der Waals surface area (Å²) in [6.07, 6.45) is 4.44. The van der Waals surface area contributed by atoms with E-state index in [0.717, 1.165) is 43.5 Å². The number of anilines is 1. The highest BCUT2D eigenvalue weighted by molar-refractivity contribution is 7.80. The molecule has 0 bridgehead atoms. The van der Waals surface area contributed by atoms with Crippen LogP contribution in [-0.4, -0.2) is 47.6 Å². The summed E-state index contributed by atoms with van der Waals surface area (Å²) < 4.78 is 0. The van der Waals surface area contributed by atoms with Crippen molar-refractivity contribution >= 4 is 39.9 Å². The van der Waals surface area contributed by atoms with Crippen molar-refractivity contribution in [3.05, 3.63) is 84.4 Å². The molecule has 1 aliphatic heterocycles. The molecule has 0 unspecified atom stereocenters. The number of nitrogens with one attached hydrogen (secondary N) is 1. The molecule has 28 heavy (non-hydrogen) atoms. The maximum absolute atomic E-state index is 5.69. The van der Waals surface area contributed by atoms with Crippen LogP contribution in [0.25, 0.3) is 16.8 Å². The lowest BCUT2D eigenvalue weighted by atomic mass is 10.1. The third-order valence-corrected chi connectivity index (χ3v) is 5.52. The molecule has 1 aliphatic rings. The van der Waals surface area contributed by atoms with Gasteiger partial charge in [0.2, 0.25) is 0 Å². The van der Waals surface area contributed by atoms with Crippen molar-refractivity contribution in [1.82, 2.24) is 9.80 Å². The van der Waals surface area contributed by atoms with Gasteiger partial charge in [-0.1, -0.05) is 78.9 Å². The van der Waals surface area contributed by atoms with Crippen molar-refractivity contribution in [2.75, 3.05) is 38.0 Å². The van der Waals surface area contributed by atoms with E-state index >= 15 is 0 Å². The van der Waals surface area contributed by atoms with E-state index in [0.29, 0.717) is 0 Å². The zero-order chi connectivity index (χ0) is 19.2. The van der Waals surface area contributed by atoms with E-state index in [-0.39, 0.29) is 0 Å². The first-order valence-electron chi connectivity index (χ1n) is 9.77. The second kappa shape index (κ2) is 9.00. The van der Waals surface area contributed by atoms with Crippen molar-refractivity contribution < 1.29 is 0 Å². The third-order valence-electron chi connectivity index (χ3n) is 5.16. The van der Waals surface area contributed by atoms with E-state index in [2.05, 4.69) is 94.0 Å². The lowest BCUT2D eigenvalue weighted by molar-refractivity contribution is 0.200. The molecular weight excluding hydrogens is 362 g/mol. The maximum Gasteiger partial charge on any atom is 0.173 e. The summed E-state index contributed by atoms with van der Waals surface area (Å²) in [6, 6.07) is 25.2. The lowest BCUT2D eigenvalue weighted by Crippen LogP contribution is -2.49. The Kier molecular flexibility index (Phi) is 6.00. The van der Waals surface area contributed by atoms with Gasteiger partial charge in [-0.15, -0.1) is 0 Å². The second-order valence-electron chi connectivity index (χ2n) is 7.06. The van der Waals surface area contributed by atoms with E-state index < -0.39 is 0 Å². The number of hydrogen-bond donors (Lipinski definition) is 1. The van der Waals surface area contributed by atoms with Crippen molar-refractivity contribution in [2.24, 2.45) is 0 Å². The molecule has 1 heterocycles. The topological polar surface area (TPSA) is 18.5 Å². The molecule has 3 aromatic rings. The molecule has 142 valence electrons. The molecule has 3 nitrogen and oxygen atoms in total. The van der Waals surface area contributed by atoms with Gasteiger partial charge in [0.05, 0.1) is 0 Å². The number of nitrogens with zero attached hydrogens (tertiary/aromatic N) is 2. The van der Waals surface area contributed by atoms with E-state index in [1.54, 1.807) is 0 Å². The number of fused-ring (bicyclic) bond motifs is 1. The number of rotatable bonds is 4. The van der Waals surface area contributed by atoms with Gasteiger partial charge >= 0.3 is 0 Å². The predicted octanol–water partition coefficient (Wildman–Crippen LogP) is 4.87. The van der Waals surface area contributed by atoms with E-state index in [9.17, 15) is 0 Å². The Morgan fingerprint density at radius 1 is 0.857 bits per heavy atom. The quantitative estimate of drug-likeness (QED) is 0.644. The Hall–Kier alpha value is -2.69. The van der Waals surface area contributed by atoms with Crippen molar-refractivity contribution in [3.63, 3.8) is 0 Å². The molecule has 1 saturated heterocycles. The SMILES string of the molecule is S=C(Nc1cccc2ccccc12)N1CCN(C/C=C/c2ccccc2)CC1. The molecule has 1 fully saturated rings. The van der Waals surface area contributed by atoms with Crippen LogP contribution in [-0.2, 0) is 0 Å². The highest BCUT2D eigenvalue weighted by Gasteiger charge is 2.18. The monoisotopic (exact) mass is 387 g/mol. The van der Waals surface area contributed by atoms with Crippen molar-refractivity contribution in [3.8, 4) is 0 Å². The Morgan fingerprint density at radius 3 is 2.39 bits per heavy atom. The maximum atomic E-state index is 5.69. The fourth-order valence-electron chi connectivity index (χ4n) is 3.56. The molecule has 0 aromatic heterocycles. The van der Waals surface area contributed by atoms with Crippen LogP contribution in [0.5, 0.6) is 0 Å². The molecule has 0 spiro atoms. The minimum atomic E-state index is 0.816. The van der Waals surface area contributed by atoms with Gasteiger partial charge in [-0.25, -0.2) is 0 Å². The lowest BCUT2D eigenvalue weighted by Gasteiger charge is -2.35. The largest absolute Gasteiger partial charge is 0.346 e. The van der Waals surface area contributed by atoms with Crippen LogP contribution in [0, 0.1) is 0 Å². The Labute approximate surface area is 172 Å². The molecule has 0 aliphatic carbocycles. The summed E-state index contributed by atoms with van der Waals surface area (Å²) in [4.78, 5) is 4.74. The van der Waals surface area contributed by atoms with Gasteiger partial charge in [0.15, 0.2) is 5.11 Å². The van der Waals surface area contributed by atoms with E-state index in [1.807, 2.05) is 6.07 Å². The van der Waals surface area contributed by atoms with Crippen LogP contribution in [0.2, 0.25) is 0 Å². The Bertz CT molecular complexity index is 955. The average Bonchev–Trinajstić information content (AvgIpc) is 2.75. The van der Waals surface area contributed by atoms with Crippen LogP contribution in [0.15, 0.2) is 78.9 Å². The normalized spacial score (nSPS) is 15.2. The summed E-state index contributed by atoms with van der Waals surface area (Å²) in [5.41, 5.74) is 2.33. The van der Waals surface area contributed by atoms with Crippen LogP contribution < -0.4 is 5.32 Å². The van der Waals surface area contributed by atoms with Gasteiger partial charge in [-0.05, 0) is 29.2 Å². The molecule has 1 N–H and O–H groups in total. The summed E-state index contributed by atoms with van der Waals surface area (Å²) in [7, 11) is 0. The van der Waals surface area contributed by atoms with Gasteiger partial charge in [0, 0.05) is 43.8 Å². The summed E-state index contributed by atoms with van der Waals surface area (Å²) in [6.45, 7) is 4.94. The van der Waals surface area contributed by atoms with E-state index in [4.69, 9.17) is 12.2 Å². The zero-order valence-corrected chi connectivity index (χ0v) is 16.7. The van der Waals surface area contributed by atoms with Crippen molar-refractivity contribution in [1.29, 1.82) is 0 Å². The van der Waals surface area contributed by atoms with Gasteiger partial charge in [-0.2, -0.15) is 0 Å². The molecule has 0 radical (unpaired) electrons. The van der Waals surface area contributed by atoms with Crippen LogP contribution in [0.3, 0.4) is 0 Å². The Balaban J connectivity index is 1.30. The number of hydrogen-bond acceptors (Lipinski definition) is 2. The van der Waals surface area contributed by atoms with Gasteiger partial charge < -0.3 is 10.2 Å². The standard InChI is InChI=1S/C24H25N3S/c28-24(25-23-14-6-12-21-11-4-5-13-22(21)23)27-18-16-26(17-19-27)15-7-10-20-8-2-1-3-9-20/h1-14H,15-19H2,(H,25,28)/b10-7+. The number of piperazine rings is 1. The number of thiocarbonyl (C=S) groups is 1. The zero-order valence-electron chi connectivity index (χ0n) is 15.9. The molecule has 4 heteroatoms. The van der Waals surface area contributed by atoms with Gasteiger partial charge in [0.25, 0.3) is 0 Å². The smallest absolute Gasteiger partial charge is 0.173 e. The van der Waals surface area contributed by atoms with Crippen LogP contribution in [0.4, 0.5) is 5.69 Å². The second-order valence-corrected chi connectivity index (χ2v) is 7.44. The average molecular weight is 388 g/mol. The van der Waals surface area contributed by atoms with Crippen LogP contribution in [0.1, 0.15) is 5.56 Å². The minimum Gasteiger partial charge on any atom is -0.346 e. The minimum absolute atomic E-state index is 0.816. The third kappa shape index (κ3) is 4.58. The summed E-state index contributed by atoms with van der Waals surface area (Å²) in [5, 5.41) is 6.71. The fraction of sp³-hybridized carbons (Fsp3) is 0.208. The predicted molar refractivity (Wildman–Crippen MR) is 124 cm³/mol. The molecule has 0 amide bonds. The summed E-state index contributed by atoms with van der Waals surface area (Å²) >= 11 is 5.69. The Morgan fingerprint density at radius 2 is 1.57 bits per heavy atom. The van der Waals surface area contributed by atoms with Gasteiger partial charge in [0.1, 0.15) is 0 Å². The molecule has 3 aromatic carbocycles. The molecule has 4 rings (SSSR count). The van der Waals surface area contributed by atoms with Gasteiger partial charge in [-0.3, -0.25) is 4.90 Å². The summed E-state index contributed by atoms with van der Waals surface area (Å²) in [5.74, 6) is 0. The van der Waals surface area contributed by atoms with E-state index in [1.165, 1.54) is 16.3 Å². The van der Waals surface area contributed by atoms with Crippen LogP contribution >= 0.6 is 12.2 Å². The first-order chi connectivity index (χ1) is 13.8. The molecule has 0 saturated carbocycles. The highest BCUT2D eigenvalue weighted by Crippen LogP contribution is 2.23. The molecular formula is C24H25N3S. The van der Waals surface area contributed by atoms with Crippen molar-refractivity contribution in [2.45, 2.75) is 0 Å². The highest BCUT2D eigenvalue weighted by atomic mass is 32.1. The number of benzene rings is 3. The first kappa shape index (κ1) is 18.7. The molecule has 0 atom stereocenters. The fourth-order valence-corrected chi connectivity index (χ4v) is 3.86.